The normalized spacial score (nSPS) is 10.0. The second kappa shape index (κ2) is 8.48. The highest BCUT2D eigenvalue weighted by atomic mass is 32.1. The first-order valence-corrected chi connectivity index (χ1v) is 7.64. The van der Waals surface area contributed by atoms with E-state index in [1.54, 1.807) is 11.3 Å². The van der Waals surface area contributed by atoms with Gasteiger partial charge in [-0.05, 0) is 36.2 Å². The molecule has 0 aliphatic carbocycles. The summed E-state index contributed by atoms with van der Waals surface area (Å²) >= 11 is 1.60. The van der Waals surface area contributed by atoms with E-state index in [0.717, 1.165) is 21.1 Å². The molecular formula is C17H18O3S. The van der Waals surface area contributed by atoms with Gasteiger partial charge in [0.2, 0.25) is 0 Å². The van der Waals surface area contributed by atoms with E-state index in [9.17, 15) is 0 Å². The van der Waals surface area contributed by atoms with Crippen LogP contribution in [-0.2, 0) is 13.0 Å². The molecule has 0 aliphatic heterocycles. The Balaban J connectivity index is 1.87. The number of thiophene rings is 1. The lowest BCUT2D eigenvalue weighted by molar-refractivity contribution is 0.298. The topological polar surface area (TPSA) is 49.7 Å². The summed E-state index contributed by atoms with van der Waals surface area (Å²) in [4.78, 5) is 2.10. The van der Waals surface area contributed by atoms with Crippen molar-refractivity contribution < 1.29 is 14.9 Å². The average Bonchev–Trinajstić information content (AvgIpc) is 2.95. The number of hydrogen-bond acceptors (Lipinski definition) is 4. The molecule has 0 radical (unpaired) electrons. The maximum atomic E-state index is 8.87. The third-order valence-corrected chi connectivity index (χ3v) is 3.79. The molecule has 2 aromatic rings. The van der Waals surface area contributed by atoms with E-state index in [-0.39, 0.29) is 13.2 Å². The average molecular weight is 302 g/mol. The van der Waals surface area contributed by atoms with Gasteiger partial charge in [0, 0.05) is 17.9 Å². The van der Waals surface area contributed by atoms with Crippen molar-refractivity contribution in [1.29, 1.82) is 0 Å². The summed E-state index contributed by atoms with van der Waals surface area (Å²) in [5.41, 5.74) is 1.10. The summed E-state index contributed by atoms with van der Waals surface area (Å²) in [6, 6.07) is 11.7. The summed E-state index contributed by atoms with van der Waals surface area (Å²) < 4.78 is 5.72. The minimum absolute atomic E-state index is 0.0978. The summed E-state index contributed by atoms with van der Waals surface area (Å²) in [5, 5.41) is 17.5. The number of aliphatic hydroxyl groups excluding tert-OH is 2. The molecule has 1 aromatic carbocycles. The molecule has 0 unspecified atom stereocenters. The van der Waals surface area contributed by atoms with Crippen LogP contribution in [0.5, 0.6) is 5.75 Å². The first-order chi connectivity index (χ1) is 10.3. The summed E-state index contributed by atoms with van der Waals surface area (Å²) in [6.45, 7) is 0.780. The van der Waals surface area contributed by atoms with E-state index in [2.05, 4.69) is 11.8 Å². The second-order valence-corrected chi connectivity index (χ2v) is 5.62. The Morgan fingerprint density at radius 2 is 1.81 bits per heavy atom. The molecule has 110 valence electrons. The van der Waals surface area contributed by atoms with E-state index < -0.39 is 0 Å². The van der Waals surface area contributed by atoms with E-state index in [0.29, 0.717) is 19.4 Å². The molecule has 0 bridgehead atoms. The van der Waals surface area contributed by atoms with Crippen molar-refractivity contribution in [3.8, 4) is 17.6 Å². The van der Waals surface area contributed by atoms with Crippen molar-refractivity contribution >= 4 is 11.3 Å². The number of hydrogen-bond donors (Lipinski definition) is 2. The molecule has 1 aromatic heterocycles. The fourth-order valence-electron chi connectivity index (χ4n) is 1.76. The van der Waals surface area contributed by atoms with Crippen LogP contribution in [0.25, 0.3) is 0 Å². The van der Waals surface area contributed by atoms with Crippen molar-refractivity contribution in [3.05, 3.63) is 51.7 Å². The van der Waals surface area contributed by atoms with E-state index in [4.69, 9.17) is 14.9 Å². The zero-order chi connectivity index (χ0) is 14.9. The fourth-order valence-corrected chi connectivity index (χ4v) is 2.56. The van der Waals surface area contributed by atoms with Crippen LogP contribution >= 0.6 is 11.3 Å². The zero-order valence-electron chi connectivity index (χ0n) is 11.7. The maximum Gasteiger partial charge on any atom is 0.122 e. The molecule has 0 saturated heterocycles. The Labute approximate surface area is 128 Å². The lowest BCUT2D eigenvalue weighted by atomic mass is 10.1. The van der Waals surface area contributed by atoms with Crippen molar-refractivity contribution in [3.63, 3.8) is 0 Å². The summed E-state index contributed by atoms with van der Waals surface area (Å²) in [5.74, 6) is 6.74. The zero-order valence-corrected chi connectivity index (χ0v) is 12.5. The number of rotatable bonds is 6. The Bertz CT molecular complexity index is 605. The Kier molecular flexibility index (Phi) is 6.29. The van der Waals surface area contributed by atoms with Crippen molar-refractivity contribution in [2.75, 3.05) is 13.2 Å². The minimum atomic E-state index is 0.0978. The first kappa shape index (κ1) is 15.6. The number of aliphatic hydroxyl groups is 2. The highest BCUT2D eigenvalue weighted by Gasteiger charge is 2.00. The third-order valence-electron chi connectivity index (χ3n) is 2.81. The van der Waals surface area contributed by atoms with E-state index in [1.165, 1.54) is 0 Å². The standard InChI is InChI=1S/C17H18O3S/c18-11-2-1-3-16-8-9-17(21-16)13-20-15-6-4-14(5-7-15)10-12-19/h4-9,18-19H,2,10-13H2. The molecule has 0 atom stereocenters. The lowest BCUT2D eigenvalue weighted by Crippen LogP contribution is -1.94. The van der Waals surface area contributed by atoms with Crippen LogP contribution in [0, 0.1) is 11.8 Å². The second-order valence-electron chi connectivity index (χ2n) is 4.45. The first-order valence-electron chi connectivity index (χ1n) is 6.83. The van der Waals surface area contributed by atoms with Gasteiger partial charge in [0.25, 0.3) is 0 Å². The van der Waals surface area contributed by atoms with E-state index in [1.807, 2.05) is 36.4 Å². The largest absolute Gasteiger partial charge is 0.488 e. The monoisotopic (exact) mass is 302 g/mol. The molecule has 0 amide bonds. The van der Waals surface area contributed by atoms with Gasteiger partial charge in [-0.15, -0.1) is 11.3 Å². The van der Waals surface area contributed by atoms with Crippen LogP contribution in [0.15, 0.2) is 36.4 Å². The van der Waals surface area contributed by atoms with Crippen molar-refractivity contribution in [1.82, 2.24) is 0 Å². The van der Waals surface area contributed by atoms with Crippen molar-refractivity contribution in [2.24, 2.45) is 0 Å². The highest BCUT2D eigenvalue weighted by molar-refractivity contribution is 7.12. The van der Waals surface area contributed by atoms with Crippen LogP contribution < -0.4 is 4.74 Å². The van der Waals surface area contributed by atoms with Gasteiger partial charge in [-0.1, -0.05) is 24.0 Å². The molecular weight excluding hydrogens is 284 g/mol. The quantitative estimate of drug-likeness (QED) is 0.806. The molecule has 1 heterocycles. The Hall–Kier alpha value is -1.80. The van der Waals surface area contributed by atoms with Crippen LogP contribution in [0.1, 0.15) is 21.7 Å². The molecule has 3 nitrogen and oxygen atoms in total. The smallest absolute Gasteiger partial charge is 0.122 e. The van der Waals surface area contributed by atoms with Gasteiger partial charge in [0.05, 0.1) is 11.5 Å². The third kappa shape index (κ3) is 5.24. The van der Waals surface area contributed by atoms with Crippen LogP contribution in [0.2, 0.25) is 0 Å². The molecule has 21 heavy (non-hydrogen) atoms. The minimum Gasteiger partial charge on any atom is -0.488 e. The fraction of sp³-hybridized carbons (Fsp3) is 0.294. The van der Waals surface area contributed by atoms with Gasteiger partial charge in [-0.3, -0.25) is 0 Å². The number of benzene rings is 1. The lowest BCUT2D eigenvalue weighted by Gasteiger charge is -2.05. The number of ether oxygens (including phenoxy) is 1. The Morgan fingerprint density at radius 3 is 2.52 bits per heavy atom. The van der Waals surface area contributed by atoms with Gasteiger partial charge < -0.3 is 14.9 Å². The highest BCUT2D eigenvalue weighted by Crippen LogP contribution is 2.19. The van der Waals surface area contributed by atoms with Crippen LogP contribution in [0.4, 0.5) is 0 Å². The molecule has 4 heteroatoms. The molecule has 0 aliphatic rings. The van der Waals surface area contributed by atoms with Gasteiger partial charge in [0.1, 0.15) is 12.4 Å². The van der Waals surface area contributed by atoms with Gasteiger partial charge in [0.15, 0.2) is 0 Å². The maximum absolute atomic E-state index is 8.87. The van der Waals surface area contributed by atoms with Gasteiger partial charge in [-0.2, -0.15) is 0 Å². The van der Waals surface area contributed by atoms with Gasteiger partial charge >= 0.3 is 0 Å². The van der Waals surface area contributed by atoms with E-state index >= 15 is 0 Å². The molecule has 2 N–H and O–H groups in total. The SMILES string of the molecule is OCCC#Cc1ccc(COc2ccc(CCO)cc2)s1. The van der Waals surface area contributed by atoms with Gasteiger partial charge in [-0.25, -0.2) is 0 Å². The van der Waals surface area contributed by atoms with Crippen molar-refractivity contribution in [2.45, 2.75) is 19.4 Å². The van der Waals surface area contributed by atoms with Crippen LogP contribution in [-0.4, -0.2) is 23.4 Å². The summed E-state index contributed by atoms with van der Waals surface area (Å²) in [7, 11) is 0. The molecule has 0 spiro atoms. The predicted octanol–water partition coefficient (Wildman–Crippen LogP) is 2.60. The molecule has 0 fully saturated rings. The Morgan fingerprint density at radius 1 is 1.00 bits per heavy atom. The molecule has 2 rings (SSSR count). The molecule has 0 saturated carbocycles. The predicted molar refractivity (Wildman–Crippen MR) is 84.5 cm³/mol. The van der Waals surface area contributed by atoms with Crippen LogP contribution in [0.3, 0.4) is 0 Å². The summed E-state index contributed by atoms with van der Waals surface area (Å²) in [6.07, 6.45) is 1.17.